The van der Waals surface area contributed by atoms with Gasteiger partial charge in [0.2, 0.25) is 0 Å². The Morgan fingerprint density at radius 2 is 2.31 bits per heavy atom. The summed E-state index contributed by atoms with van der Waals surface area (Å²) in [7, 11) is 1.58. The molecule has 0 spiro atoms. The first-order valence-electron chi connectivity index (χ1n) is 4.51. The molecule has 0 saturated heterocycles. The molecule has 2 aromatic rings. The fraction of sp³-hybridized carbons (Fsp3) is 0.100. The van der Waals surface area contributed by atoms with Gasteiger partial charge in [-0.05, 0) is 12.1 Å². The molecule has 6 heteroatoms. The number of nitrogens with one attached hydrogen (secondary N) is 1. The predicted molar refractivity (Wildman–Crippen MR) is 67.8 cm³/mol. The highest BCUT2D eigenvalue weighted by molar-refractivity contribution is 7.19. The molecule has 1 aromatic heterocycles. The first kappa shape index (κ1) is 11.0. The Morgan fingerprint density at radius 3 is 2.94 bits per heavy atom. The molecule has 0 saturated carbocycles. The van der Waals surface area contributed by atoms with Crippen molar-refractivity contribution in [3.05, 3.63) is 29.4 Å². The van der Waals surface area contributed by atoms with Gasteiger partial charge in [-0.25, -0.2) is 4.98 Å². The highest BCUT2D eigenvalue weighted by atomic mass is 35.5. The second kappa shape index (κ2) is 4.59. The van der Waals surface area contributed by atoms with E-state index < -0.39 is 0 Å². The van der Waals surface area contributed by atoms with E-state index in [0.29, 0.717) is 15.8 Å². The number of halogens is 1. The number of nitrogens with zero attached hydrogens (tertiary/aromatic N) is 1. The van der Waals surface area contributed by atoms with E-state index in [1.807, 2.05) is 6.07 Å². The molecule has 0 atom stereocenters. The third-order valence-corrected chi connectivity index (χ3v) is 2.98. The Kier molecular flexibility index (Phi) is 3.17. The van der Waals surface area contributed by atoms with Crippen molar-refractivity contribution in [1.29, 1.82) is 0 Å². The Bertz CT molecular complexity index is 501. The topological polar surface area (TPSA) is 60.2 Å². The fourth-order valence-electron chi connectivity index (χ4n) is 1.21. The van der Waals surface area contributed by atoms with E-state index in [-0.39, 0.29) is 0 Å². The zero-order valence-electron chi connectivity index (χ0n) is 8.53. The van der Waals surface area contributed by atoms with Crippen molar-refractivity contribution < 1.29 is 4.74 Å². The van der Waals surface area contributed by atoms with Gasteiger partial charge >= 0.3 is 0 Å². The number of hydrogen-bond donors (Lipinski definition) is 2. The third kappa shape index (κ3) is 2.37. The minimum absolute atomic E-state index is 0.576. The quantitative estimate of drug-likeness (QED) is 0.885. The highest BCUT2D eigenvalue weighted by Gasteiger charge is 2.04. The highest BCUT2D eigenvalue weighted by Crippen LogP contribution is 2.30. The molecule has 16 heavy (non-hydrogen) atoms. The van der Waals surface area contributed by atoms with Gasteiger partial charge in [0.05, 0.1) is 18.3 Å². The van der Waals surface area contributed by atoms with E-state index in [1.54, 1.807) is 25.4 Å². The Hall–Kier alpha value is -1.46. The normalized spacial score (nSPS) is 10.1. The van der Waals surface area contributed by atoms with Gasteiger partial charge in [0.1, 0.15) is 10.8 Å². The number of methoxy groups -OCH3 is 1. The molecular formula is C10H10ClN3OS. The van der Waals surface area contributed by atoms with Crippen molar-refractivity contribution >= 4 is 38.8 Å². The third-order valence-electron chi connectivity index (χ3n) is 1.93. The summed E-state index contributed by atoms with van der Waals surface area (Å²) in [4.78, 5) is 4.10. The van der Waals surface area contributed by atoms with Crippen molar-refractivity contribution in [3.8, 4) is 5.75 Å². The lowest BCUT2D eigenvalue weighted by Gasteiger charge is -2.06. The largest absolute Gasteiger partial charge is 0.495 e. The van der Waals surface area contributed by atoms with Crippen LogP contribution in [-0.2, 0) is 0 Å². The average molecular weight is 256 g/mol. The van der Waals surface area contributed by atoms with E-state index in [1.165, 1.54) is 11.3 Å². The zero-order valence-corrected chi connectivity index (χ0v) is 10.1. The molecule has 0 bridgehead atoms. The second-order valence-corrected chi connectivity index (χ2v) is 4.51. The number of nitrogens with two attached hydrogens (primary N) is 1. The molecule has 2 rings (SSSR count). The van der Waals surface area contributed by atoms with E-state index in [4.69, 9.17) is 22.1 Å². The van der Waals surface area contributed by atoms with Gasteiger partial charge in [-0.3, -0.25) is 0 Å². The SMILES string of the molecule is COc1cc(Nc2ncc(N)s2)ccc1Cl. The maximum absolute atomic E-state index is 5.92. The molecule has 4 nitrogen and oxygen atoms in total. The molecule has 1 heterocycles. The monoisotopic (exact) mass is 255 g/mol. The van der Waals surface area contributed by atoms with Crippen LogP contribution in [0, 0.1) is 0 Å². The lowest BCUT2D eigenvalue weighted by atomic mass is 10.3. The molecule has 0 radical (unpaired) electrons. The van der Waals surface area contributed by atoms with Crippen molar-refractivity contribution in [2.75, 3.05) is 18.2 Å². The van der Waals surface area contributed by atoms with Crippen molar-refractivity contribution in [3.63, 3.8) is 0 Å². The standard InChI is InChI=1S/C10H10ClN3OS/c1-15-8-4-6(2-3-7(8)11)14-10-13-5-9(12)16-10/h2-5H,12H2,1H3,(H,13,14). The van der Waals surface area contributed by atoms with Crippen LogP contribution >= 0.6 is 22.9 Å². The molecular weight excluding hydrogens is 246 g/mol. The molecule has 0 aliphatic carbocycles. The first-order chi connectivity index (χ1) is 7.69. The van der Waals surface area contributed by atoms with Crippen molar-refractivity contribution in [2.45, 2.75) is 0 Å². The number of nitrogen functional groups attached to an aromatic ring is 1. The number of ether oxygens (including phenoxy) is 1. The summed E-state index contributed by atoms with van der Waals surface area (Å²) in [6, 6.07) is 5.42. The lowest BCUT2D eigenvalue weighted by Crippen LogP contribution is -1.91. The Morgan fingerprint density at radius 1 is 1.50 bits per heavy atom. The van der Waals surface area contributed by atoms with Gasteiger partial charge in [0, 0.05) is 11.8 Å². The molecule has 0 aliphatic heterocycles. The fourth-order valence-corrected chi connectivity index (χ4v) is 2.00. The van der Waals surface area contributed by atoms with Gasteiger partial charge < -0.3 is 15.8 Å². The maximum Gasteiger partial charge on any atom is 0.189 e. The summed E-state index contributed by atoms with van der Waals surface area (Å²) in [6.45, 7) is 0. The minimum Gasteiger partial charge on any atom is -0.495 e. The van der Waals surface area contributed by atoms with Gasteiger partial charge in [-0.1, -0.05) is 22.9 Å². The Labute approximate surface area is 102 Å². The van der Waals surface area contributed by atoms with Crippen LogP contribution in [-0.4, -0.2) is 12.1 Å². The van der Waals surface area contributed by atoms with Gasteiger partial charge in [0.15, 0.2) is 5.13 Å². The maximum atomic E-state index is 5.92. The van der Waals surface area contributed by atoms with Crippen molar-refractivity contribution in [1.82, 2.24) is 4.98 Å². The number of rotatable bonds is 3. The van der Waals surface area contributed by atoms with E-state index in [9.17, 15) is 0 Å². The number of hydrogen-bond acceptors (Lipinski definition) is 5. The number of benzene rings is 1. The summed E-state index contributed by atoms with van der Waals surface area (Å²) < 4.78 is 5.11. The molecule has 3 N–H and O–H groups in total. The Balaban J connectivity index is 2.21. The van der Waals surface area contributed by atoms with Gasteiger partial charge in [-0.15, -0.1) is 0 Å². The average Bonchev–Trinajstić information content (AvgIpc) is 2.67. The van der Waals surface area contributed by atoms with Crippen LogP contribution < -0.4 is 15.8 Å². The van der Waals surface area contributed by atoms with Crippen molar-refractivity contribution in [2.24, 2.45) is 0 Å². The van der Waals surface area contributed by atoms with Crippen LogP contribution in [0.3, 0.4) is 0 Å². The number of anilines is 3. The van der Waals surface area contributed by atoms with E-state index in [0.717, 1.165) is 10.8 Å². The summed E-state index contributed by atoms with van der Waals surface area (Å²) in [6.07, 6.45) is 1.61. The molecule has 0 unspecified atom stereocenters. The van der Waals surface area contributed by atoms with Crippen LogP contribution in [0.15, 0.2) is 24.4 Å². The van der Waals surface area contributed by atoms with Crippen LogP contribution in [0.5, 0.6) is 5.75 Å². The van der Waals surface area contributed by atoms with Gasteiger partial charge in [-0.2, -0.15) is 0 Å². The summed E-state index contributed by atoms with van der Waals surface area (Å²) >= 11 is 7.30. The predicted octanol–water partition coefficient (Wildman–Crippen LogP) is 3.13. The number of thiazole rings is 1. The summed E-state index contributed by atoms with van der Waals surface area (Å²) in [5.74, 6) is 0.621. The molecule has 0 fully saturated rings. The first-order valence-corrected chi connectivity index (χ1v) is 5.70. The molecule has 84 valence electrons. The van der Waals surface area contributed by atoms with Crippen LogP contribution in [0.25, 0.3) is 0 Å². The van der Waals surface area contributed by atoms with Crippen LogP contribution in [0.2, 0.25) is 5.02 Å². The second-order valence-electron chi connectivity index (χ2n) is 3.04. The van der Waals surface area contributed by atoms with Crippen LogP contribution in [0.4, 0.5) is 15.8 Å². The van der Waals surface area contributed by atoms with Gasteiger partial charge in [0.25, 0.3) is 0 Å². The summed E-state index contributed by atoms with van der Waals surface area (Å²) in [5.41, 5.74) is 6.44. The van der Waals surface area contributed by atoms with E-state index in [2.05, 4.69) is 10.3 Å². The lowest BCUT2D eigenvalue weighted by molar-refractivity contribution is 0.415. The molecule has 0 aliphatic rings. The summed E-state index contributed by atoms with van der Waals surface area (Å²) in [5, 5.41) is 5.10. The van der Waals surface area contributed by atoms with Crippen LogP contribution in [0.1, 0.15) is 0 Å². The zero-order chi connectivity index (χ0) is 11.5. The molecule has 0 amide bonds. The smallest absolute Gasteiger partial charge is 0.189 e. The minimum atomic E-state index is 0.576. The van der Waals surface area contributed by atoms with E-state index >= 15 is 0 Å². The molecule has 1 aromatic carbocycles. The number of aromatic nitrogens is 1.